The topological polar surface area (TPSA) is 69.4 Å². The predicted octanol–water partition coefficient (Wildman–Crippen LogP) is 0.802. The normalized spacial score (nSPS) is 10.7. The Hall–Kier alpha value is -0.480. The Balaban J connectivity index is 4.13. The van der Waals surface area contributed by atoms with E-state index in [-0.39, 0.29) is 0 Å². The highest BCUT2D eigenvalue weighted by Gasteiger charge is 2.33. The van der Waals surface area contributed by atoms with E-state index in [2.05, 4.69) is 10.5 Å². The molecule has 0 unspecified atom stereocenters. The lowest BCUT2D eigenvalue weighted by Crippen LogP contribution is -2.32. The summed E-state index contributed by atoms with van der Waals surface area (Å²) in [7, 11) is 0. The van der Waals surface area contributed by atoms with Gasteiger partial charge in [-0.2, -0.15) is 0 Å². The number of primary amides is 1. The van der Waals surface area contributed by atoms with E-state index in [4.69, 9.17) is 23.2 Å². The largest absolute Gasteiger partial charge is 0.407 e. The molecule has 6 heteroatoms. The summed E-state index contributed by atoms with van der Waals surface area (Å²) in [5.74, 6) is -0.699. The molecular formula is C4H5Cl2NO3. The van der Waals surface area contributed by atoms with Crippen LogP contribution in [-0.4, -0.2) is 16.4 Å². The van der Waals surface area contributed by atoms with Crippen LogP contribution in [0.3, 0.4) is 0 Å². The number of halogens is 2. The van der Waals surface area contributed by atoms with Crippen molar-refractivity contribution in [2.75, 3.05) is 0 Å². The number of ether oxygens (including phenoxy) is 1. The number of hydrogen-bond acceptors (Lipinski definition) is 3. The van der Waals surface area contributed by atoms with Crippen LogP contribution in [-0.2, 0) is 9.53 Å². The summed E-state index contributed by atoms with van der Waals surface area (Å²) in [6.45, 7) is 1.07. The smallest absolute Gasteiger partial charge is 0.405 e. The first-order valence-corrected chi connectivity index (χ1v) is 2.99. The maximum atomic E-state index is 10.4. The highest BCUT2D eigenvalue weighted by Crippen LogP contribution is 2.22. The van der Waals surface area contributed by atoms with Gasteiger partial charge in [0, 0.05) is 6.92 Å². The van der Waals surface area contributed by atoms with E-state index in [0.717, 1.165) is 6.92 Å². The fraction of sp³-hybridized carbons (Fsp3) is 0.500. The van der Waals surface area contributed by atoms with Gasteiger partial charge in [0.1, 0.15) is 0 Å². The van der Waals surface area contributed by atoms with E-state index in [0.29, 0.717) is 0 Å². The molecule has 0 bridgehead atoms. The number of rotatable bonds is 2. The lowest BCUT2D eigenvalue weighted by Gasteiger charge is -2.13. The first-order valence-electron chi connectivity index (χ1n) is 2.23. The van der Waals surface area contributed by atoms with Gasteiger partial charge in [-0.05, 0) is 23.2 Å². The molecule has 0 rings (SSSR count). The van der Waals surface area contributed by atoms with Gasteiger partial charge in [-0.25, -0.2) is 4.79 Å². The number of alkyl halides is 2. The number of Topliss-reactive ketones (excluding diaryl/α,β-unsaturated/α-hetero) is 1. The minimum absolute atomic E-state index is 0.699. The highest BCUT2D eigenvalue weighted by atomic mass is 35.5. The van der Waals surface area contributed by atoms with Crippen molar-refractivity contribution in [3.8, 4) is 0 Å². The van der Waals surface area contributed by atoms with Crippen molar-refractivity contribution >= 4 is 35.1 Å². The third-order valence-corrected chi connectivity index (χ3v) is 1.33. The van der Waals surface area contributed by atoms with Gasteiger partial charge in [-0.3, -0.25) is 4.79 Å². The third kappa shape index (κ3) is 2.89. The number of carbonyl (C=O) groups excluding carboxylic acids is 2. The molecule has 0 saturated heterocycles. The SMILES string of the molecule is CC(=O)C(Cl)(Cl)OC(N)=O. The summed E-state index contributed by atoms with van der Waals surface area (Å²) in [5, 5.41) is 0. The van der Waals surface area contributed by atoms with Crippen LogP contribution in [0.25, 0.3) is 0 Å². The van der Waals surface area contributed by atoms with Crippen LogP contribution >= 0.6 is 23.2 Å². The van der Waals surface area contributed by atoms with Gasteiger partial charge in [0.2, 0.25) is 5.78 Å². The van der Waals surface area contributed by atoms with E-state index in [9.17, 15) is 9.59 Å². The Labute approximate surface area is 67.2 Å². The molecule has 58 valence electrons. The fourth-order valence-electron chi connectivity index (χ4n) is 0.198. The van der Waals surface area contributed by atoms with Gasteiger partial charge >= 0.3 is 10.6 Å². The van der Waals surface area contributed by atoms with Crippen LogP contribution in [0, 0.1) is 0 Å². The molecule has 10 heavy (non-hydrogen) atoms. The molecule has 0 aromatic rings. The Morgan fingerprint density at radius 1 is 1.50 bits per heavy atom. The van der Waals surface area contributed by atoms with Crippen LogP contribution in [0.5, 0.6) is 0 Å². The van der Waals surface area contributed by atoms with Crippen molar-refractivity contribution in [1.82, 2.24) is 0 Å². The summed E-state index contributed by atoms with van der Waals surface area (Å²) in [5.41, 5.74) is 4.53. The first kappa shape index (κ1) is 9.52. The molecule has 0 radical (unpaired) electrons. The first-order chi connectivity index (χ1) is 4.36. The van der Waals surface area contributed by atoms with E-state index in [1.807, 2.05) is 0 Å². The maximum Gasteiger partial charge on any atom is 0.407 e. The van der Waals surface area contributed by atoms with Gasteiger partial charge in [0.15, 0.2) is 0 Å². The molecule has 0 saturated carbocycles. The second-order valence-electron chi connectivity index (χ2n) is 1.49. The molecule has 0 aromatic heterocycles. The zero-order valence-electron chi connectivity index (χ0n) is 5.06. The molecule has 0 aliphatic heterocycles. The lowest BCUT2D eigenvalue weighted by molar-refractivity contribution is -0.123. The molecule has 0 aliphatic rings. The molecule has 0 spiro atoms. The zero-order chi connectivity index (χ0) is 8.36. The predicted molar refractivity (Wildman–Crippen MR) is 35.8 cm³/mol. The van der Waals surface area contributed by atoms with Gasteiger partial charge in [-0.15, -0.1) is 0 Å². The van der Waals surface area contributed by atoms with E-state index in [1.165, 1.54) is 0 Å². The Bertz CT molecular complexity index is 168. The van der Waals surface area contributed by atoms with Crippen LogP contribution in [0.4, 0.5) is 4.79 Å². The summed E-state index contributed by atoms with van der Waals surface area (Å²) in [4.78, 5) is 20.4. The second kappa shape index (κ2) is 3.07. The fourth-order valence-corrected chi connectivity index (χ4v) is 0.350. The average Bonchev–Trinajstić information content (AvgIpc) is 1.60. The minimum Gasteiger partial charge on any atom is -0.405 e. The van der Waals surface area contributed by atoms with Crippen LogP contribution in [0.15, 0.2) is 0 Å². The standard InChI is InChI=1S/C4H5Cl2NO3/c1-2(8)4(5,6)10-3(7)9/h1H3,(H2,7,9). The van der Waals surface area contributed by atoms with E-state index in [1.54, 1.807) is 0 Å². The molecule has 0 aromatic carbocycles. The van der Waals surface area contributed by atoms with Crippen LogP contribution in [0.2, 0.25) is 0 Å². The summed E-state index contributed by atoms with van der Waals surface area (Å²) in [6, 6.07) is 0. The van der Waals surface area contributed by atoms with Crippen molar-refractivity contribution < 1.29 is 14.3 Å². The monoisotopic (exact) mass is 185 g/mol. The molecule has 0 fully saturated rings. The average molecular weight is 186 g/mol. The number of ketones is 1. The Morgan fingerprint density at radius 3 is 2.00 bits per heavy atom. The van der Waals surface area contributed by atoms with E-state index < -0.39 is 16.4 Å². The third-order valence-electron chi connectivity index (χ3n) is 0.639. The number of carbonyl (C=O) groups is 2. The van der Waals surface area contributed by atoms with Crippen molar-refractivity contribution in [2.45, 2.75) is 11.4 Å². The minimum atomic E-state index is -2.15. The summed E-state index contributed by atoms with van der Waals surface area (Å²) in [6.07, 6.45) is -1.19. The van der Waals surface area contributed by atoms with Crippen molar-refractivity contribution in [2.24, 2.45) is 5.73 Å². The van der Waals surface area contributed by atoms with E-state index >= 15 is 0 Å². The Kier molecular flexibility index (Phi) is 2.93. The molecule has 2 N–H and O–H groups in total. The molecule has 4 nitrogen and oxygen atoms in total. The molecule has 0 heterocycles. The number of nitrogens with two attached hydrogens (primary N) is 1. The highest BCUT2D eigenvalue weighted by molar-refractivity contribution is 6.57. The molecule has 0 aliphatic carbocycles. The van der Waals surface area contributed by atoms with Crippen LogP contribution in [0.1, 0.15) is 6.92 Å². The number of amides is 1. The second-order valence-corrected chi connectivity index (χ2v) is 2.75. The number of hydrogen-bond donors (Lipinski definition) is 1. The summed E-state index contributed by atoms with van der Waals surface area (Å²) >= 11 is 10.3. The Morgan fingerprint density at radius 2 is 1.90 bits per heavy atom. The zero-order valence-corrected chi connectivity index (χ0v) is 6.57. The summed E-state index contributed by atoms with van der Waals surface area (Å²) < 4.78 is 1.87. The molecule has 0 atom stereocenters. The van der Waals surface area contributed by atoms with Crippen molar-refractivity contribution in [1.29, 1.82) is 0 Å². The van der Waals surface area contributed by atoms with Gasteiger partial charge < -0.3 is 10.5 Å². The quantitative estimate of drug-likeness (QED) is 0.648. The maximum absolute atomic E-state index is 10.4. The van der Waals surface area contributed by atoms with Gasteiger partial charge in [-0.1, -0.05) is 0 Å². The van der Waals surface area contributed by atoms with Crippen molar-refractivity contribution in [3.05, 3.63) is 0 Å². The van der Waals surface area contributed by atoms with Crippen LogP contribution < -0.4 is 5.73 Å². The van der Waals surface area contributed by atoms with Gasteiger partial charge in [0.05, 0.1) is 0 Å². The molecule has 1 amide bonds. The molecular weight excluding hydrogens is 181 g/mol. The van der Waals surface area contributed by atoms with Gasteiger partial charge in [0.25, 0.3) is 0 Å². The van der Waals surface area contributed by atoms with Crippen molar-refractivity contribution in [3.63, 3.8) is 0 Å². The lowest BCUT2D eigenvalue weighted by atomic mass is 10.5.